The van der Waals surface area contributed by atoms with Crippen molar-refractivity contribution in [3.63, 3.8) is 0 Å². The number of ether oxygens (including phenoxy) is 1. The van der Waals surface area contributed by atoms with Crippen molar-refractivity contribution in [2.24, 2.45) is 0 Å². The fourth-order valence-corrected chi connectivity index (χ4v) is 2.83. The Bertz CT molecular complexity index is 491. The molecule has 1 aromatic heterocycles. The van der Waals surface area contributed by atoms with E-state index in [4.69, 9.17) is 4.74 Å². The van der Waals surface area contributed by atoms with Crippen LogP contribution in [0.1, 0.15) is 11.8 Å². The van der Waals surface area contributed by atoms with Crippen LogP contribution in [0.3, 0.4) is 0 Å². The fraction of sp³-hybridized carbons (Fsp3) is 0.600. The highest BCUT2D eigenvalue weighted by Crippen LogP contribution is 2.22. The van der Waals surface area contributed by atoms with E-state index in [0.29, 0.717) is 18.8 Å². The van der Waals surface area contributed by atoms with Crippen LogP contribution >= 0.6 is 0 Å². The van der Waals surface area contributed by atoms with Gasteiger partial charge in [0.25, 0.3) is 10.2 Å². The first-order valence-electron chi connectivity index (χ1n) is 5.57. The van der Waals surface area contributed by atoms with Gasteiger partial charge >= 0.3 is 0 Å². The summed E-state index contributed by atoms with van der Waals surface area (Å²) in [5, 5.41) is 0. The largest absolute Gasteiger partial charge is 0.369 e. The van der Waals surface area contributed by atoms with E-state index >= 15 is 0 Å². The molecule has 0 spiro atoms. The Labute approximate surface area is 107 Å². The first-order chi connectivity index (χ1) is 8.51. The minimum absolute atomic E-state index is 0.275. The molecular formula is C10H16N4O3S. The molecule has 0 aliphatic carbocycles. The van der Waals surface area contributed by atoms with Crippen LogP contribution in [0.4, 0.5) is 0 Å². The minimum Gasteiger partial charge on any atom is -0.369 e. The summed E-state index contributed by atoms with van der Waals surface area (Å²) in [7, 11) is -0.361. The van der Waals surface area contributed by atoms with Crippen molar-refractivity contribution in [2.75, 3.05) is 33.8 Å². The maximum absolute atomic E-state index is 12.0. The number of aromatic nitrogens is 2. The second-order valence-corrected chi connectivity index (χ2v) is 6.28. The van der Waals surface area contributed by atoms with Crippen LogP contribution in [0.15, 0.2) is 18.6 Å². The molecule has 1 aliphatic heterocycles. The molecule has 2 rings (SSSR count). The van der Waals surface area contributed by atoms with Crippen LogP contribution in [0, 0.1) is 0 Å². The second-order valence-electron chi connectivity index (χ2n) is 4.14. The van der Waals surface area contributed by atoms with Crippen LogP contribution in [0.5, 0.6) is 0 Å². The highest BCUT2D eigenvalue weighted by atomic mass is 32.2. The van der Waals surface area contributed by atoms with E-state index in [2.05, 4.69) is 9.97 Å². The second kappa shape index (κ2) is 5.27. The summed E-state index contributed by atoms with van der Waals surface area (Å²) in [5.41, 5.74) is 0.698. The maximum atomic E-state index is 12.0. The molecule has 0 amide bonds. The zero-order valence-corrected chi connectivity index (χ0v) is 11.2. The quantitative estimate of drug-likeness (QED) is 0.752. The molecule has 7 nitrogen and oxygen atoms in total. The zero-order chi connectivity index (χ0) is 13.2. The number of morpholine rings is 1. The van der Waals surface area contributed by atoms with E-state index in [9.17, 15) is 8.42 Å². The SMILES string of the molecule is CN(C)S(=O)(=O)N1CCOC(c2ccncn2)C1. The third-order valence-corrected chi connectivity index (χ3v) is 4.66. The van der Waals surface area contributed by atoms with Gasteiger partial charge in [0.05, 0.1) is 12.3 Å². The lowest BCUT2D eigenvalue weighted by Gasteiger charge is -2.33. The van der Waals surface area contributed by atoms with Crippen molar-refractivity contribution in [1.29, 1.82) is 0 Å². The van der Waals surface area contributed by atoms with E-state index in [-0.39, 0.29) is 12.6 Å². The Morgan fingerprint density at radius 3 is 2.89 bits per heavy atom. The van der Waals surface area contributed by atoms with E-state index in [1.807, 2.05) is 0 Å². The highest BCUT2D eigenvalue weighted by molar-refractivity contribution is 7.86. The van der Waals surface area contributed by atoms with E-state index < -0.39 is 10.2 Å². The van der Waals surface area contributed by atoms with Crippen molar-refractivity contribution in [2.45, 2.75) is 6.10 Å². The lowest BCUT2D eigenvalue weighted by atomic mass is 10.2. The summed E-state index contributed by atoms with van der Waals surface area (Å²) in [5.74, 6) is 0. The normalized spacial score (nSPS) is 22.3. The maximum Gasteiger partial charge on any atom is 0.281 e. The molecule has 1 aliphatic rings. The third-order valence-electron chi connectivity index (χ3n) is 2.75. The van der Waals surface area contributed by atoms with Gasteiger partial charge in [-0.25, -0.2) is 9.97 Å². The van der Waals surface area contributed by atoms with Gasteiger partial charge in [-0.1, -0.05) is 0 Å². The number of hydrogen-bond acceptors (Lipinski definition) is 5. The van der Waals surface area contributed by atoms with Crippen molar-refractivity contribution in [3.8, 4) is 0 Å². The van der Waals surface area contributed by atoms with E-state index in [1.54, 1.807) is 12.3 Å². The molecule has 100 valence electrons. The topological polar surface area (TPSA) is 75.6 Å². The summed E-state index contributed by atoms with van der Waals surface area (Å²) < 4.78 is 32.2. The van der Waals surface area contributed by atoms with E-state index in [1.165, 1.54) is 29.0 Å². The third kappa shape index (κ3) is 2.66. The number of hydrogen-bond donors (Lipinski definition) is 0. The molecule has 0 bridgehead atoms. The van der Waals surface area contributed by atoms with Crippen molar-refractivity contribution in [3.05, 3.63) is 24.3 Å². The summed E-state index contributed by atoms with van der Waals surface area (Å²) in [4.78, 5) is 7.92. The van der Waals surface area contributed by atoms with Gasteiger partial charge in [-0.3, -0.25) is 0 Å². The fourth-order valence-electron chi connectivity index (χ4n) is 1.74. The van der Waals surface area contributed by atoms with Gasteiger partial charge in [-0.2, -0.15) is 17.0 Å². The van der Waals surface area contributed by atoms with Gasteiger partial charge in [-0.05, 0) is 6.07 Å². The lowest BCUT2D eigenvalue weighted by Crippen LogP contribution is -2.47. The predicted molar refractivity (Wildman–Crippen MR) is 64.9 cm³/mol. The molecule has 1 aromatic rings. The van der Waals surface area contributed by atoms with Crippen LogP contribution in [0.25, 0.3) is 0 Å². The molecule has 0 radical (unpaired) electrons. The van der Waals surface area contributed by atoms with Crippen LogP contribution in [0.2, 0.25) is 0 Å². The minimum atomic E-state index is -3.40. The van der Waals surface area contributed by atoms with Gasteiger partial charge in [0.1, 0.15) is 12.4 Å². The van der Waals surface area contributed by atoms with Crippen molar-refractivity contribution in [1.82, 2.24) is 18.6 Å². The molecular weight excluding hydrogens is 256 g/mol. The van der Waals surface area contributed by atoms with Crippen LogP contribution in [-0.4, -0.2) is 60.8 Å². The van der Waals surface area contributed by atoms with E-state index in [0.717, 1.165) is 0 Å². The standard InChI is InChI=1S/C10H16N4O3S/c1-13(2)18(15,16)14-5-6-17-10(7-14)9-3-4-11-8-12-9/h3-4,8,10H,5-7H2,1-2H3. The van der Waals surface area contributed by atoms with Gasteiger partial charge in [0.15, 0.2) is 0 Å². The molecule has 1 saturated heterocycles. The average Bonchev–Trinajstić information content (AvgIpc) is 2.40. The summed E-state index contributed by atoms with van der Waals surface area (Å²) >= 11 is 0. The van der Waals surface area contributed by atoms with Gasteiger partial charge < -0.3 is 4.74 Å². The smallest absolute Gasteiger partial charge is 0.281 e. The summed E-state index contributed by atoms with van der Waals surface area (Å²) in [6.07, 6.45) is 2.71. The number of rotatable bonds is 3. The molecule has 0 saturated carbocycles. The first-order valence-corrected chi connectivity index (χ1v) is 6.96. The molecule has 0 aromatic carbocycles. The summed E-state index contributed by atoms with van der Waals surface area (Å²) in [6.45, 7) is 1.00. The number of nitrogens with zero attached hydrogens (tertiary/aromatic N) is 4. The molecule has 1 fully saturated rings. The molecule has 0 N–H and O–H groups in total. The molecule has 1 atom stereocenters. The average molecular weight is 272 g/mol. The highest BCUT2D eigenvalue weighted by Gasteiger charge is 2.32. The Morgan fingerprint density at radius 2 is 2.28 bits per heavy atom. The Hall–Kier alpha value is -1.09. The van der Waals surface area contributed by atoms with Gasteiger partial charge in [0, 0.05) is 33.4 Å². The molecule has 8 heteroatoms. The first kappa shape index (κ1) is 13.3. The molecule has 2 heterocycles. The molecule has 1 unspecified atom stereocenters. The summed E-state index contributed by atoms with van der Waals surface area (Å²) in [6, 6.07) is 1.73. The van der Waals surface area contributed by atoms with Gasteiger partial charge in [0.2, 0.25) is 0 Å². The Balaban J connectivity index is 2.15. The lowest BCUT2D eigenvalue weighted by molar-refractivity contribution is -0.00630. The molecule has 18 heavy (non-hydrogen) atoms. The van der Waals surface area contributed by atoms with Crippen molar-refractivity contribution < 1.29 is 13.2 Å². The monoisotopic (exact) mass is 272 g/mol. The predicted octanol–water partition coefficient (Wildman–Crippen LogP) is -0.344. The Morgan fingerprint density at radius 1 is 1.50 bits per heavy atom. The van der Waals surface area contributed by atoms with Crippen LogP contribution in [-0.2, 0) is 14.9 Å². The van der Waals surface area contributed by atoms with Crippen LogP contribution < -0.4 is 0 Å². The van der Waals surface area contributed by atoms with Gasteiger partial charge in [-0.15, -0.1) is 0 Å². The van der Waals surface area contributed by atoms with Crippen molar-refractivity contribution >= 4 is 10.2 Å². The Kier molecular flexibility index (Phi) is 3.91. The zero-order valence-electron chi connectivity index (χ0n) is 10.4.